The van der Waals surface area contributed by atoms with E-state index in [1.165, 1.54) is 28.8 Å². The number of aromatic carboxylic acids is 1. The highest BCUT2D eigenvalue weighted by molar-refractivity contribution is 8.26. The van der Waals surface area contributed by atoms with E-state index in [2.05, 4.69) is 5.32 Å². The first-order valence-corrected chi connectivity index (χ1v) is 10.7. The summed E-state index contributed by atoms with van der Waals surface area (Å²) in [5.74, 6) is -2.05. The molecular formula is C23H19N2O4S2-. The van der Waals surface area contributed by atoms with Crippen molar-refractivity contribution in [2.45, 2.75) is 13.3 Å². The predicted molar refractivity (Wildman–Crippen MR) is 124 cm³/mol. The van der Waals surface area contributed by atoms with Crippen LogP contribution in [-0.4, -0.2) is 33.5 Å². The average molecular weight is 452 g/mol. The maximum Gasteiger partial charge on any atom is 0.266 e. The number of anilines is 1. The van der Waals surface area contributed by atoms with E-state index in [-0.39, 0.29) is 30.1 Å². The highest BCUT2D eigenvalue weighted by Gasteiger charge is 2.32. The number of carbonyl (C=O) groups excluding carboxylic acids is 3. The Morgan fingerprint density at radius 2 is 1.81 bits per heavy atom. The number of nitrogens with one attached hydrogen (secondary N) is 1. The van der Waals surface area contributed by atoms with Gasteiger partial charge in [-0.15, -0.1) is 0 Å². The van der Waals surface area contributed by atoms with Crippen LogP contribution in [0.5, 0.6) is 0 Å². The van der Waals surface area contributed by atoms with Gasteiger partial charge in [0.15, 0.2) is 0 Å². The number of para-hydroxylation sites is 1. The third kappa shape index (κ3) is 5.90. The van der Waals surface area contributed by atoms with Crippen molar-refractivity contribution in [1.29, 1.82) is 0 Å². The van der Waals surface area contributed by atoms with Crippen molar-refractivity contribution in [1.82, 2.24) is 4.90 Å². The largest absolute Gasteiger partial charge is 0.545 e. The number of nitrogens with zero attached hydrogens (tertiary/aromatic N) is 1. The Labute approximate surface area is 189 Å². The van der Waals surface area contributed by atoms with E-state index in [1.54, 1.807) is 18.2 Å². The summed E-state index contributed by atoms with van der Waals surface area (Å²) in [5.41, 5.74) is 1.98. The van der Waals surface area contributed by atoms with Crippen molar-refractivity contribution in [3.05, 3.63) is 82.3 Å². The maximum absolute atomic E-state index is 12.7. The van der Waals surface area contributed by atoms with Gasteiger partial charge in [-0.2, -0.15) is 0 Å². The third-order valence-electron chi connectivity index (χ3n) is 4.41. The van der Waals surface area contributed by atoms with Crippen molar-refractivity contribution in [3.8, 4) is 0 Å². The molecule has 0 radical (unpaired) electrons. The molecule has 0 aromatic heterocycles. The summed E-state index contributed by atoms with van der Waals surface area (Å²) in [6, 6.07) is 15.7. The molecule has 2 aromatic rings. The van der Waals surface area contributed by atoms with Crippen LogP contribution in [0, 0.1) is 0 Å². The first-order valence-electron chi connectivity index (χ1n) is 9.44. The fourth-order valence-electron chi connectivity index (χ4n) is 2.95. The van der Waals surface area contributed by atoms with E-state index < -0.39 is 11.9 Å². The molecule has 1 N–H and O–H groups in total. The minimum absolute atomic E-state index is 0.0278. The van der Waals surface area contributed by atoms with Gasteiger partial charge in [0.2, 0.25) is 5.91 Å². The van der Waals surface area contributed by atoms with Gasteiger partial charge in [-0.3, -0.25) is 14.5 Å². The lowest BCUT2D eigenvalue weighted by molar-refractivity contribution is -0.254. The predicted octanol–water partition coefficient (Wildman–Crippen LogP) is 3.23. The molecule has 3 rings (SSSR count). The third-order valence-corrected chi connectivity index (χ3v) is 5.79. The zero-order valence-electron chi connectivity index (χ0n) is 16.7. The van der Waals surface area contributed by atoms with Crippen LogP contribution < -0.4 is 10.4 Å². The fourth-order valence-corrected chi connectivity index (χ4v) is 4.31. The van der Waals surface area contributed by atoms with E-state index >= 15 is 0 Å². The van der Waals surface area contributed by atoms with Gasteiger partial charge in [-0.25, -0.2) is 0 Å². The van der Waals surface area contributed by atoms with Crippen LogP contribution >= 0.6 is 24.0 Å². The molecule has 0 unspecified atom stereocenters. The second-order valence-electron chi connectivity index (χ2n) is 6.76. The Morgan fingerprint density at radius 1 is 1.13 bits per heavy atom. The number of rotatable bonds is 7. The van der Waals surface area contributed by atoms with Crippen LogP contribution in [0.1, 0.15) is 29.3 Å². The quantitative estimate of drug-likeness (QED) is 0.514. The lowest BCUT2D eigenvalue weighted by Crippen LogP contribution is -2.32. The number of hydrogen-bond donors (Lipinski definition) is 1. The van der Waals surface area contributed by atoms with Crippen molar-refractivity contribution in [3.63, 3.8) is 0 Å². The number of carbonyl (C=O) groups is 3. The molecule has 0 bridgehead atoms. The summed E-state index contributed by atoms with van der Waals surface area (Å²) in [6.45, 7) is 2.00. The van der Waals surface area contributed by atoms with Gasteiger partial charge in [-0.05, 0) is 30.2 Å². The van der Waals surface area contributed by atoms with Crippen LogP contribution in [-0.2, 0) is 9.59 Å². The van der Waals surface area contributed by atoms with E-state index in [9.17, 15) is 19.5 Å². The highest BCUT2D eigenvalue weighted by Crippen LogP contribution is 2.32. The van der Waals surface area contributed by atoms with E-state index in [4.69, 9.17) is 12.2 Å². The van der Waals surface area contributed by atoms with Crippen LogP contribution in [0.2, 0.25) is 0 Å². The normalized spacial score (nSPS) is 15.5. The molecule has 2 amide bonds. The molecule has 0 atom stereocenters. The Bertz CT molecular complexity index is 1090. The number of carboxylic acid groups (broad SMARTS) is 1. The summed E-state index contributed by atoms with van der Waals surface area (Å²) in [7, 11) is 0. The molecule has 0 saturated carbocycles. The summed E-state index contributed by atoms with van der Waals surface area (Å²) in [4.78, 5) is 38.0. The van der Waals surface area contributed by atoms with Gasteiger partial charge in [-0.1, -0.05) is 78.6 Å². The summed E-state index contributed by atoms with van der Waals surface area (Å²) in [6.07, 6.45) is 3.72. The number of amides is 2. The van der Waals surface area contributed by atoms with Crippen molar-refractivity contribution >= 4 is 57.8 Å². The molecule has 1 fully saturated rings. The molecule has 8 heteroatoms. The Balaban J connectivity index is 1.62. The van der Waals surface area contributed by atoms with Gasteiger partial charge >= 0.3 is 0 Å². The van der Waals surface area contributed by atoms with Gasteiger partial charge in [0.1, 0.15) is 4.32 Å². The van der Waals surface area contributed by atoms with Crippen LogP contribution in [0.15, 0.2) is 71.2 Å². The molecule has 31 heavy (non-hydrogen) atoms. The molecule has 0 aliphatic carbocycles. The van der Waals surface area contributed by atoms with Crippen LogP contribution in [0.3, 0.4) is 0 Å². The van der Waals surface area contributed by atoms with Crippen LogP contribution in [0.25, 0.3) is 6.08 Å². The number of thiocarbonyl (C=S) groups is 1. The standard InChI is InChI=1S/C23H20N2O4S2/c1-15(13-16-7-3-2-4-8-16)14-19-21(27)25(23(30)31-19)12-11-20(26)24-18-10-6-5-9-17(18)22(28)29/h2-10,13-14H,11-12H2,1H3,(H,24,26)(H,28,29)/p-1/b15-13-,19-14-. The Hall–Kier alpha value is -3.23. The first kappa shape index (κ1) is 22.5. The van der Waals surface area contributed by atoms with Crippen molar-refractivity contribution in [2.75, 3.05) is 11.9 Å². The minimum atomic E-state index is -1.38. The van der Waals surface area contributed by atoms with E-state index in [0.717, 1.165) is 11.1 Å². The number of benzene rings is 2. The van der Waals surface area contributed by atoms with Gasteiger partial charge in [0, 0.05) is 24.2 Å². The number of hydrogen-bond acceptors (Lipinski definition) is 6. The monoisotopic (exact) mass is 451 g/mol. The molecule has 1 heterocycles. The molecule has 1 saturated heterocycles. The zero-order chi connectivity index (χ0) is 22.4. The number of allylic oxidation sites excluding steroid dienone is 2. The van der Waals surface area contributed by atoms with Gasteiger partial charge in [0.05, 0.1) is 10.9 Å². The van der Waals surface area contributed by atoms with E-state index in [1.807, 2.05) is 43.3 Å². The first-order chi connectivity index (χ1) is 14.8. The summed E-state index contributed by atoms with van der Waals surface area (Å²) in [5, 5.41) is 13.7. The molecule has 2 aromatic carbocycles. The molecule has 6 nitrogen and oxygen atoms in total. The van der Waals surface area contributed by atoms with Crippen LogP contribution in [0.4, 0.5) is 5.69 Å². The maximum atomic E-state index is 12.7. The zero-order valence-corrected chi connectivity index (χ0v) is 18.3. The Morgan fingerprint density at radius 3 is 2.52 bits per heavy atom. The smallest absolute Gasteiger partial charge is 0.266 e. The van der Waals surface area contributed by atoms with Crippen molar-refractivity contribution in [2.24, 2.45) is 0 Å². The molecule has 1 aliphatic heterocycles. The molecular weight excluding hydrogens is 432 g/mol. The van der Waals surface area contributed by atoms with Gasteiger partial charge < -0.3 is 15.2 Å². The molecule has 158 valence electrons. The lowest BCUT2D eigenvalue weighted by Gasteiger charge is -2.15. The summed E-state index contributed by atoms with van der Waals surface area (Å²) >= 11 is 6.50. The number of carboxylic acids is 1. The SMILES string of the molecule is CC(=C/c1ccccc1)/C=C1\SC(=S)N(CCC(=O)Nc2ccccc2C(=O)[O-])C1=O. The van der Waals surface area contributed by atoms with Gasteiger partial charge in [0.25, 0.3) is 5.91 Å². The molecule has 0 spiro atoms. The fraction of sp³-hybridized carbons (Fsp3) is 0.130. The minimum Gasteiger partial charge on any atom is -0.545 e. The summed E-state index contributed by atoms with van der Waals surface area (Å²) < 4.78 is 0.381. The lowest BCUT2D eigenvalue weighted by atomic mass is 10.1. The second kappa shape index (κ2) is 10.2. The Kier molecular flexibility index (Phi) is 7.38. The molecule has 1 aliphatic rings. The van der Waals surface area contributed by atoms with Crippen molar-refractivity contribution < 1.29 is 19.5 Å². The topological polar surface area (TPSA) is 89.5 Å². The highest BCUT2D eigenvalue weighted by atomic mass is 32.2. The average Bonchev–Trinajstić information content (AvgIpc) is 2.99. The van der Waals surface area contributed by atoms with E-state index in [0.29, 0.717) is 9.23 Å². The number of thioether (sulfide) groups is 1. The second-order valence-corrected chi connectivity index (χ2v) is 8.44.